The number of rotatable bonds is 4. The molecule has 0 bridgehead atoms. The quantitative estimate of drug-likeness (QED) is 0.832. The third-order valence-electron chi connectivity index (χ3n) is 3.60. The Bertz CT molecular complexity index is 225. The second-order valence-electron chi connectivity index (χ2n) is 6.41. The molecule has 0 saturated carbocycles. The standard InChI is InChI=1S/C14H29NS2/c1-10-11(2)17-13(9-16-10)12(15-6)7-8-14(3,4)5/h10-13,15H,7-9H2,1-6H3. The number of hydrogen-bond donors (Lipinski definition) is 1. The van der Waals surface area contributed by atoms with Crippen LogP contribution in [-0.4, -0.2) is 34.6 Å². The van der Waals surface area contributed by atoms with Crippen molar-refractivity contribution in [3.63, 3.8) is 0 Å². The Morgan fingerprint density at radius 2 is 1.88 bits per heavy atom. The average Bonchev–Trinajstić information content (AvgIpc) is 2.22. The van der Waals surface area contributed by atoms with Crippen molar-refractivity contribution in [2.75, 3.05) is 12.8 Å². The van der Waals surface area contributed by atoms with Crippen molar-refractivity contribution >= 4 is 23.5 Å². The van der Waals surface area contributed by atoms with E-state index in [2.05, 4.69) is 70.5 Å². The highest BCUT2D eigenvalue weighted by Crippen LogP contribution is 2.38. The molecule has 0 spiro atoms. The Labute approximate surface area is 116 Å². The van der Waals surface area contributed by atoms with Gasteiger partial charge >= 0.3 is 0 Å². The van der Waals surface area contributed by atoms with Crippen LogP contribution in [-0.2, 0) is 0 Å². The molecule has 0 amide bonds. The molecule has 1 nitrogen and oxygen atoms in total. The van der Waals surface area contributed by atoms with E-state index in [0.29, 0.717) is 11.5 Å². The summed E-state index contributed by atoms with van der Waals surface area (Å²) in [5, 5.41) is 5.95. The molecule has 1 aliphatic heterocycles. The van der Waals surface area contributed by atoms with Gasteiger partial charge in [0, 0.05) is 27.5 Å². The fraction of sp³-hybridized carbons (Fsp3) is 1.00. The van der Waals surface area contributed by atoms with Crippen LogP contribution in [0.3, 0.4) is 0 Å². The van der Waals surface area contributed by atoms with Crippen molar-refractivity contribution in [2.24, 2.45) is 5.41 Å². The van der Waals surface area contributed by atoms with Crippen LogP contribution in [0.1, 0.15) is 47.5 Å². The van der Waals surface area contributed by atoms with Gasteiger partial charge in [-0.15, -0.1) is 0 Å². The molecule has 3 heteroatoms. The van der Waals surface area contributed by atoms with Crippen LogP contribution in [0.4, 0.5) is 0 Å². The molecule has 1 heterocycles. The molecular weight excluding hydrogens is 246 g/mol. The lowest BCUT2D eigenvalue weighted by Crippen LogP contribution is -2.42. The second kappa shape index (κ2) is 6.72. The summed E-state index contributed by atoms with van der Waals surface area (Å²) in [4.78, 5) is 0. The number of hydrogen-bond acceptors (Lipinski definition) is 3. The van der Waals surface area contributed by atoms with Crippen LogP contribution in [0, 0.1) is 5.41 Å². The third-order valence-corrected chi connectivity index (χ3v) is 7.15. The van der Waals surface area contributed by atoms with Gasteiger partial charge in [-0.05, 0) is 25.3 Å². The first kappa shape index (κ1) is 15.7. The third kappa shape index (κ3) is 5.44. The van der Waals surface area contributed by atoms with Crippen LogP contribution >= 0.6 is 23.5 Å². The van der Waals surface area contributed by atoms with E-state index < -0.39 is 0 Å². The topological polar surface area (TPSA) is 12.0 Å². The van der Waals surface area contributed by atoms with E-state index in [1.165, 1.54) is 18.6 Å². The summed E-state index contributed by atoms with van der Waals surface area (Å²) in [6.07, 6.45) is 2.61. The van der Waals surface area contributed by atoms with E-state index in [1.54, 1.807) is 0 Å². The maximum Gasteiger partial charge on any atom is 0.0294 e. The molecule has 1 fully saturated rings. The molecule has 1 rings (SSSR count). The predicted octanol–water partition coefficient (Wildman–Crippen LogP) is 4.03. The molecule has 4 unspecified atom stereocenters. The maximum absolute atomic E-state index is 3.55. The fourth-order valence-corrected chi connectivity index (χ4v) is 5.33. The Balaban J connectivity index is 2.45. The van der Waals surface area contributed by atoms with Gasteiger partial charge in [-0.25, -0.2) is 0 Å². The zero-order chi connectivity index (χ0) is 13.1. The van der Waals surface area contributed by atoms with E-state index in [9.17, 15) is 0 Å². The highest BCUT2D eigenvalue weighted by molar-refractivity contribution is 8.07. The summed E-state index contributed by atoms with van der Waals surface area (Å²) < 4.78 is 0. The normalized spacial score (nSPS) is 32.5. The Morgan fingerprint density at radius 1 is 1.24 bits per heavy atom. The molecule has 0 aromatic rings. The highest BCUT2D eigenvalue weighted by atomic mass is 32.2. The summed E-state index contributed by atoms with van der Waals surface area (Å²) in [7, 11) is 2.13. The van der Waals surface area contributed by atoms with Crippen molar-refractivity contribution in [1.29, 1.82) is 0 Å². The van der Waals surface area contributed by atoms with Crippen LogP contribution < -0.4 is 5.32 Å². The number of nitrogens with one attached hydrogen (secondary N) is 1. The molecule has 17 heavy (non-hydrogen) atoms. The van der Waals surface area contributed by atoms with E-state index in [-0.39, 0.29) is 0 Å². The van der Waals surface area contributed by atoms with Gasteiger partial charge in [0.15, 0.2) is 0 Å². The van der Waals surface area contributed by atoms with Gasteiger partial charge < -0.3 is 5.32 Å². The van der Waals surface area contributed by atoms with E-state index in [1.807, 2.05) is 0 Å². The minimum Gasteiger partial charge on any atom is -0.316 e. The minimum absolute atomic E-state index is 0.459. The highest BCUT2D eigenvalue weighted by Gasteiger charge is 2.30. The van der Waals surface area contributed by atoms with E-state index in [4.69, 9.17) is 0 Å². The average molecular weight is 276 g/mol. The van der Waals surface area contributed by atoms with Gasteiger partial charge in [0.05, 0.1) is 0 Å². The van der Waals surface area contributed by atoms with Crippen molar-refractivity contribution in [2.45, 2.75) is 69.3 Å². The smallest absolute Gasteiger partial charge is 0.0294 e. The van der Waals surface area contributed by atoms with Crippen LogP contribution in [0.5, 0.6) is 0 Å². The zero-order valence-corrected chi connectivity index (χ0v) is 13.9. The van der Waals surface area contributed by atoms with Crippen molar-refractivity contribution in [3.05, 3.63) is 0 Å². The van der Waals surface area contributed by atoms with Gasteiger partial charge in [-0.3, -0.25) is 0 Å². The lowest BCUT2D eigenvalue weighted by molar-refractivity contribution is 0.335. The molecular formula is C14H29NS2. The molecule has 0 aromatic carbocycles. The molecule has 1 saturated heterocycles. The van der Waals surface area contributed by atoms with E-state index >= 15 is 0 Å². The van der Waals surface area contributed by atoms with Gasteiger partial charge in [0.25, 0.3) is 0 Å². The first-order valence-corrected chi connectivity index (χ1v) is 8.77. The largest absolute Gasteiger partial charge is 0.316 e. The maximum atomic E-state index is 3.55. The first-order chi connectivity index (χ1) is 7.83. The number of thioether (sulfide) groups is 2. The van der Waals surface area contributed by atoms with E-state index in [0.717, 1.165) is 15.7 Å². The van der Waals surface area contributed by atoms with Gasteiger partial charge in [-0.1, -0.05) is 34.6 Å². The lowest BCUT2D eigenvalue weighted by atomic mass is 9.88. The van der Waals surface area contributed by atoms with Crippen molar-refractivity contribution in [1.82, 2.24) is 5.32 Å². The van der Waals surface area contributed by atoms with Gasteiger partial charge in [0.1, 0.15) is 0 Å². The molecule has 1 N–H and O–H groups in total. The first-order valence-electron chi connectivity index (χ1n) is 6.78. The zero-order valence-electron chi connectivity index (χ0n) is 12.2. The van der Waals surface area contributed by atoms with Crippen LogP contribution in [0.25, 0.3) is 0 Å². The SMILES string of the molecule is CNC(CCC(C)(C)C)C1CSC(C)C(C)S1. The van der Waals surface area contributed by atoms with Gasteiger partial charge in [-0.2, -0.15) is 23.5 Å². The molecule has 0 aliphatic carbocycles. The summed E-state index contributed by atoms with van der Waals surface area (Å²) in [5.41, 5.74) is 0.459. The summed E-state index contributed by atoms with van der Waals surface area (Å²) in [6, 6.07) is 0.682. The van der Waals surface area contributed by atoms with Crippen molar-refractivity contribution < 1.29 is 0 Å². The molecule has 1 aliphatic rings. The molecule has 0 aromatic heterocycles. The predicted molar refractivity (Wildman–Crippen MR) is 84.3 cm³/mol. The summed E-state index contributed by atoms with van der Waals surface area (Å²) in [6.45, 7) is 11.8. The van der Waals surface area contributed by atoms with Crippen molar-refractivity contribution in [3.8, 4) is 0 Å². The summed E-state index contributed by atoms with van der Waals surface area (Å²) in [5.74, 6) is 1.31. The Morgan fingerprint density at radius 3 is 2.35 bits per heavy atom. The van der Waals surface area contributed by atoms with Crippen LogP contribution in [0.15, 0.2) is 0 Å². The molecule has 102 valence electrons. The fourth-order valence-electron chi connectivity index (χ4n) is 2.12. The minimum atomic E-state index is 0.459. The van der Waals surface area contributed by atoms with Gasteiger partial charge in [0.2, 0.25) is 0 Å². The second-order valence-corrected chi connectivity index (χ2v) is 9.44. The van der Waals surface area contributed by atoms with Crippen LogP contribution in [0.2, 0.25) is 0 Å². The molecule has 4 atom stereocenters. The monoisotopic (exact) mass is 275 g/mol. The summed E-state index contributed by atoms with van der Waals surface area (Å²) >= 11 is 4.34. The lowest BCUT2D eigenvalue weighted by Gasteiger charge is -2.36. The Hall–Kier alpha value is 0.660. The Kier molecular flexibility index (Phi) is 6.21. The molecule has 0 radical (unpaired) electrons.